The molecule has 0 unspecified atom stereocenters. The predicted octanol–water partition coefficient (Wildman–Crippen LogP) is 13.2. The minimum absolute atomic E-state index is 0.354. The summed E-state index contributed by atoms with van der Waals surface area (Å²) in [4.78, 5) is 0. The number of hydrogen-bond donors (Lipinski definition) is 0. The smallest absolute Gasteiger partial charge is 0.434 e. The van der Waals surface area contributed by atoms with Gasteiger partial charge < -0.3 is 22.8 Å². The zero-order valence-corrected chi connectivity index (χ0v) is 32.0. The first-order valence-electron chi connectivity index (χ1n) is 20.3. The van der Waals surface area contributed by atoms with E-state index in [2.05, 4.69) is 156 Å². The van der Waals surface area contributed by atoms with Gasteiger partial charge in [0.2, 0.25) is 0 Å². The van der Waals surface area contributed by atoms with Crippen LogP contribution in [0.4, 0.5) is 0 Å². The maximum atomic E-state index is 6.96. The fraction of sp³-hybridized carbons (Fsp3) is 0. The molecule has 0 aliphatic carbocycles. The van der Waals surface area contributed by atoms with E-state index in [1.807, 2.05) is 30.3 Å². The highest BCUT2D eigenvalue weighted by molar-refractivity contribution is 6.84. The van der Waals surface area contributed by atoms with Crippen molar-refractivity contribution in [1.82, 2.24) is 4.57 Å². The molecule has 6 heteroatoms. The molecule has 278 valence electrons. The Morgan fingerprint density at radius 3 is 1.98 bits per heavy atom. The van der Waals surface area contributed by atoms with Crippen LogP contribution in [0.3, 0.4) is 0 Å². The largest absolute Gasteiger partial charge is 0.551 e. The molecule has 0 spiro atoms. The molecule has 0 fully saturated rings. The molecule has 0 radical (unpaired) electrons. The van der Waals surface area contributed by atoms with E-state index in [4.69, 9.17) is 18.2 Å². The molecule has 0 atom stereocenters. The van der Waals surface area contributed by atoms with E-state index in [1.54, 1.807) is 0 Å². The highest BCUT2D eigenvalue weighted by Crippen LogP contribution is 2.45. The van der Waals surface area contributed by atoms with Crippen molar-refractivity contribution in [3.05, 3.63) is 182 Å². The monoisotopic (exact) mass is 767 g/mol. The number of furan rings is 2. The number of nitrogens with zero attached hydrogens (tertiary/aromatic N) is 1. The maximum Gasteiger partial charge on any atom is 0.434 e. The summed E-state index contributed by atoms with van der Waals surface area (Å²) in [6.07, 6.45) is 0. The highest BCUT2D eigenvalue weighted by atomic mass is 16.5. The number of para-hydroxylation sites is 5. The van der Waals surface area contributed by atoms with Crippen molar-refractivity contribution in [3.8, 4) is 56.3 Å². The van der Waals surface area contributed by atoms with E-state index in [1.165, 1.54) is 21.8 Å². The lowest BCUT2D eigenvalue weighted by molar-refractivity contribution is 0.479. The molecule has 12 aromatic rings. The van der Waals surface area contributed by atoms with Gasteiger partial charge in [0.25, 0.3) is 0 Å². The summed E-state index contributed by atoms with van der Waals surface area (Å²) in [7, 11) is 0. The SMILES string of the molecule is c1ccc2c(c1)OB1c3cc(-c4ccccc4-n4c5ccccc5c5ccccc54)ccc3Oc3cc(-c4ccc5c(c4)oc4c5ccc5oc6ccccc6c54)cc-2c31. The summed E-state index contributed by atoms with van der Waals surface area (Å²) in [5.74, 6) is 2.44. The molecule has 5 nitrogen and oxygen atoms in total. The van der Waals surface area contributed by atoms with Gasteiger partial charge in [-0.15, -0.1) is 0 Å². The average molecular weight is 768 g/mol. The van der Waals surface area contributed by atoms with Crippen LogP contribution in [0.15, 0.2) is 191 Å². The van der Waals surface area contributed by atoms with Crippen LogP contribution in [0, 0.1) is 0 Å². The minimum Gasteiger partial charge on any atom is -0.551 e. The van der Waals surface area contributed by atoms with Gasteiger partial charge in [-0.05, 0) is 95.1 Å². The Morgan fingerprint density at radius 2 is 1.12 bits per heavy atom. The van der Waals surface area contributed by atoms with Crippen LogP contribution in [0.5, 0.6) is 17.2 Å². The van der Waals surface area contributed by atoms with E-state index in [0.29, 0.717) is 0 Å². The molecule has 5 heterocycles. The molecule has 0 amide bonds. The van der Waals surface area contributed by atoms with Gasteiger partial charge in [-0.1, -0.05) is 109 Å². The number of benzene rings is 9. The molecule has 2 aliphatic heterocycles. The standard InChI is InChI=1S/C54H30BNO4/c1-6-16-43(56-44-17-7-2-12-35(44)36-13-3-8-18-45(36)56)34(11-1)32-22-25-48-42(28-32)55-53-41(37-14-4-10-20-47(37)60-55)27-33(30-51(53)58-48)31-21-23-38-39-24-26-49-52(54(39)59-50(38)29-31)40-15-5-9-19-46(40)57-49/h1-30H. The first-order valence-corrected chi connectivity index (χ1v) is 20.3. The summed E-state index contributed by atoms with van der Waals surface area (Å²) in [6.45, 7) is -0.354. The predicted molar refractivity (Wildman–Crippen MR) is 244 cm³/mol. The number of hydrogen-bond acceptors (Lipinski definition) is 4. The van der Waals surface area contributed by atoms with E-state index >= 15 is 0 Å². The molecule has 0 saturated carbocycles. The Morgan fingerprint density at radius 1 is 0.400 bits per heavy atom. The van der Waals surface area contributed by atoms with Crippen molar-refractivity contribution in [2.45, 2.75) is 0 Å². The molecule has 3 aromatic heterocycles. The fourth-order valence-electron chi connectivity index (χ4n) is 10.0. The van der Waals surface area contributed by atoms with Crippen LogP contribution in [0.25, 0.3) is 105 Å². The van der Waals surface area contributed by atoms with Gasteiger partial charge in [-0.3, -0.25) is 0 Å². The second-order valence-corrected chi connectivity index (χ2v) is 15.9. The van der Waals surface area contributed by atoms with Crippen molar-refractivity contribution in [2.75, 3.05) is 0 Å². The lowest BCUT2D eigenvalue weighted by atomic mass is 9.50. The zero-order valence-electron chi connectivity index (χ0n) is 32.0. The quantitative estimate of drug-likeness (QED) is 0.168. The molecular formula is C54H30BNO4. The lowest BCUT2D eigenvalue weighted by Gasteiger charge is -2.33. The van der Waals surface area contributed by atoms with Crippen LogP contribution in [-0.2, 0) is 0 Å². The zero-order chi connectivity index (χ0) is 39.1. The van der Waals surface area contributed by atoms with Gasteiger partial charge in [0, 0.05) is 49.0 Å². The maximum absolute atomic E-state index is 6.96. The van der Waals surface area contributed by atoms with E-state index in [-0.39, 0.29) is 6.92 Å². The number of fused-ring (bicyclic) bond motifs is 14. The lowest BCUT2D eigenvalue weighted by Crippen LogP contribution is -2.53. The molecule has 2 aliphatic rings. The summed E-state index contributed by atoms with van der Waals surface area (Å²) >= 11 is 0. The summed E-state index contributed by atoms with van der Waals surface area (Å²) in [5, 5.41) is 6.68. The second kappa shape index (κ2) is 11.8. The van der Waals surface area contributed by atoms with Crippen LogP contribution in [-0.4, -0.2) is 11.5 Å². The third kappa shape index (κ3) is 4.37. The molecule has 14 rings (SSSR count). The number of ether oxygens (including phenoxy) is 1. The van der Waals surface area contributed by atoms with Crippen molar-refractivity contribution in [2.24, 2.45) is 0 Å². The van der Waals surface area contributed by atoms with Crippen molar-refractivity contribution in [3.63, 3.8) is 0 Å². The molecule has 60 heavy (non-hydrogen) atoms. The normalized spacial score (nSPS) is 12.9. The van der Waals surface area contributed by atoms with Crippen molar-refractivity contribution >= 4 is 83.5 Å². The van der Waals surface area contributed by atoms with Gasteiger partial charge in [0.15, 0.2) is 0 Å². The summed E-state index contributed by atoms with van der Waals surface area (Å²) < 4.78 is 29.2. The van der Waals surface area contributed by atoms with Crippen LogP contribution < -0.4 is 20.3 Å². The molecular weight excluding hydrogens is 737 g/mol. The van der Waals surface area contributed by atoms with Gasteiger partial charge in [0.05, 0.1) is 22.1 Å². The van der Waals surface area contributed by atoms with Crippen LogP contribution >= 0.6 is 0 Å². The Bertz CT molecular complexity index is 3760. The minimum atomic E-state index is -0.354. The van der Waals surface area contributed by atoms with Gasteiger partial charge in [-0.2, -0.15) is 0 Å². The van der Waals surface area contributed by atoms with Gasteiger partial charge >= 0.3 is 6.92 Å². The Hall–Kier alpha value is -7.96. The third-order valence-corrected chi connectivity index (χ3v) is 12.7. The number of rotatable bonds is 3. The van der Waals surface area contributed by atoms with Gasteiger partial charge in [-0.25, -0.2) is 0 Å². The first kappa shape index (κ1) is 32.1. The third-order valence-electron chi connectivity index (χ3n) is 12.7. The van der Waals surface area contributed by atoms with Crippen LogP contribution in [0.1, 0.15) is 0 Å². The van der Waals surface area contributed by atoms with Crippen molar-refractivity contribution in [1.29, 1.82) is 0 Å². The summed E-state index contributed by atoms with van der Waals surface area (Å²) in [6, 6.07) is 64.1. The number of aromatic nitrogens is 1. The first-order chi connectivity index (χ1) is 29.7. The molecule has 0 bridgehead atoms. The Labute approximate surface area is 343 Å². The van der Waals surface area contributed by atoms with Gasteiger partial charge in [0.1, 0.15) is 39.6 Å². The summed E-state index contributed by atoms with van der Waals surface area (Å²) in [5.41, 5.74) is 15.3. The molecule has 9 aromatic carbocycles. The molecule has 0 N–H and O–H groups in total. The van der Waals surface area contributed by atoms with E-state index < -0.39 is 0 Å². The highest BCUT2D eigenvalue weighted by Gasteiger charge is 2.41. The Kier molecular flexibility index (Phi) is 6.31. The van der Waals surface area contributed by atoms with E-state index in [9.17, 15) is 0 Å². The topological polar surface area (TPSA) is 49.7 Å². The Balaban J connectivity index is 0.915. The average Bonchev–Trinajstić information content (AvgIpc) is 3.98. The van der Waals surface area contributed by atoms with Crippen LogP contribution in [0.2, 0.25) is 0 Å². The van der Waals surface area contributed by atoms with E-state index in [0.717, 1.165) is 111 Å². The van der Waals surface area contributed by atoms with Crippen molar-refractivity contribution < 1.29 is 18.2 Å². The fourth-order valence-corrected chi connectivity index (χ4v) is 10.0. The second-order valence-electron chi connectivity index (χ2n) is 15.9. The molecule has 0 saturated heterocycles.